The smallest absolute Gasteiger partial charge is 0.208 e. The van der Waals surface area contributed by atoms with Crippen molar-refractivity contribution >= 4 is 0 Å². The van der Waals surface area contributed by atoms with Crippen molar-refractivity contribution in [1.82, 2.24) is 10.3 Å². The number of rotatable bonds is 5. The second kappa shape index (κ2) is 6.09. The topological polar surface area (TPSA) is 47.3 Å². The van der Waals surface area contributed by atoms with Crippen molar-refractivity contribution < 1.29 is 9.15 Å². The van der Waals surface area contributed by atoms with Gasteiger partial charge >= 0.3 is 0 Å². The lowest BCUT2D eigenvalue weighted by molar-refractivity contribution is -0.150. The molecule has 4 heteroatoms. The van der Waals surface area contributed by atoms with Crippen LogP contribution in [0.3, 0.4) is 0 Å². The van der Waals surface area contributed by atoms with Crippen LogP contribution >= 0.6 is 0 Å². The van der Waals surface area contributed by atoms with Crippen molar-refractivity contribution in [1.29, 1.82) is 0 Å². The summed E-state index contributed by atoms with van der Waals surface area (Å²) in [5.41, 5.74) is 1.37. The van der Waals surface area contributed by atoms with E-state index in [-0.39, 0.29) is 0 Å². The van der Waals surface area contributed by atoms with Crippen molar-refractivity contribution in [2.45, 2.75) is 78.0 Å². The zero-order chi connectivity index (χ0) is 14.9. The highest BCUT2D eigenvalue weighted by Gasteiger charge is 2.55. The molecule has 0 amide bonds. The molecule has 1 N–H and O–H groups in total. The summed E-state index contributed by atoms with van der Waals surface area (Å²) in [6, 6.07) is 0.557. The molecule has 0 radical (unpaired) electrons. The monoisotopic (exact) mass is 292 g/mol. The molecular weight excluding hydrogens is 264 g/mol. The minimum absolute atomic E-state index is 0.366. The quantitative estimate of drug-likeness (QED) is 0.902. The number of oxazole rings is 1. The molecule has 0 bridgehead atoms. The first-order valence-electron chi connectivity index (χ1n) is 8.43. The van der Waals surface area contributed by atoms with Gasteiger partial charge in [-0.2, -0.15) is 0 Å². The van der Waals surface area contributed by atoms with Gasteiger partial charge in [-0.1, -0.05) is 19.3 Å². The summed E-state index contributed by atoms with van der Waals surface area (Å²) < 4.78 is 11.7. The highest BCUT2D eigenvalue weighted by atomic mass is 16.5. The normalized spacial score (nSPS) is 27.8. The van der Waals surface area contributed by atoms with E-state index in [4.69, 9.17) is 9.15 Å². The predicted molar refractivity (Wildman–Crippen MR) is 82.2 cm³/mol. The summed E-state index contributed by atoms with van der Waals surface area (Å²) in [6.45, 7) is 7.65. The van der Waals surface area contributed by atoms with Crippen LogP contribution in [0.4, 0.5) is 0 Å². The Kier molecular flexibility index (Phi) is 4.36. The number of hydrogen-bond acceptors (Lipinski definition) is 4. The van der Waals surface area contributed by atoms with Crippen LogP contribution in [0.15, 0.2) is 4.42 Å². The Morgan fingerprint density at radius 1 is 1.29 bits per heavy atom. The minimum Gasteiger partial charge on any atom is -0.444 e. The largest absolute Gasteiger partial charge is 0.444 e. The zero-order valence-corrected chi connectivity index (χ0v) is 13.6. The van der Waals surface area contributed by atoms with E-state index in [1.807, 2.05) is 13.8 Å². The summed E-state index contributed by atoms with van der Waals surface area (Å²) in [5.74, 6) is 1.75. The number of aryl methyl sites for hydroxylation is 2. The van der Waals surface area contributed by atoms with Crippen LogP contribution < -0.4 is 5.32 Å². The van der Waals surface area contributed by atoms with Gasteiger partial charge in [-0.25, -0.2) is 4.98 Å². The molecule has 2 aliphatic carbocycles. The molecule has 2 atom stereocenters. The van der Waals surface area contributed by atoms with E-state index in [0.717, 1.165) is 36.9 Å². The van der Waals surface area contributed by atoms with Gasteiger partial charge in [0.1, 0.15) is 5.76 Å². The Hall–Kier alpha value is -0.870. The highest BCUT2D eigenvalue weighted by Crippen LogP contribution is 2.53. The average Bonchev–Trinajstić information content (AvgIpc) is 2.81. The highest BCUT2D eigenvalue weighted by molar-refractivity contribution is 5.10. The first kappa shape index (κ1) is 15.0. The maximum Gasteiger partial charge on any atom is 0.208 e. The van der Waals surface area contributed by atoms with Crippen LogP contribution in [-0.2, 0) is 11.3 Å². The molecule has 1 aromatic rings. The molecule has 2 aliphatic rings. The van der Waals surface area contributed by atoms with E-state index in [9.17, 15) is 0 Å². The summed E-state index contributed by atoms with van der Waals surface area (Å²) in [4.78, 5) is 4.47. The standard InChI is InChI=1S/C17H28N2O2/c1-4-20-15-10-14(17(15)8-6-5-7-9-17)18-11-16-19-12(2)13(3)21-16/h14-15,18H,4-11H2,1-3H3. The lowest BCUT2D eigenvalue weighted by Crippen LogP contribution is -2.64. The molecule has 1 spiro atoms. The zero-order valence-electron chi connectivity index (χ0n) is 13.6. The maximum absolute atomic E-state index is 6.00. The summed E-state index contributed by atoms with van der Waals surface area (Å²) in [5, 5.41) is 3.69. The van der Waals surface area contributed by atoms with E-state index in [2.05, 4.69) is 17.2 Å². The number of nitrogens with one attached hydrogen (secondary N) is 1. The van der Waals surface area contributed by atoms with E-state index in [1.165, 1.54) is 32.1 Å². The molecule has 1 heterocycles. The Labute approximate surface area is 127 Å². The molecule has 2 saturated carbocycles. The molecule has 0 aromatic carbocycles. The molecule has 0 aliphatic heterocycles. The van der Waals surface area contributed by atoms with Gasteiger partial charge < -0.3 is 14.5 Å². The molecule has 3 rings (SSSR count). The Balaban J connectivity index is 1.62. The maximum atomic E-state index is 6.00. The lowest BCUT2D eigenvalue weighted by Gasteiger charge is -2.57. The average molecular weight is 292 g/mol. The Morgan fingerprint density at radius 3 is 2.67 bits per heavy atom. The first-order valence-corrected chi connectivity index (χ1v) is 8.43. The number of ether oxygens (including phenoxy) is 1. The van der Waals surface area contributed by atoms with Crippen molar-refractivity contribution in [2.24, 2.45) is 5.41 Å². The fourth-order valence-corrected chi connectivity index (χ4v) is 4.17. The van der Waals surface area contributed by atoms with Gasteiger partial charge in [-0.3, -0.25) is 0 Å². The molecule has 0 saturated heterocycles. The number of hydrogen-bond donors (Lipinski definition) is 1. The fraction of sp³-hybridized carbons (Fsp3) is 0.824. The first-order chi connectivity index (χ1) is 10.2. The van der Waals surface area contributed by atoms with Gasteiger partial charge in [0.2, 0.25) is 5.89 Å². The van der Waals surface area contributed by atoms with Crippen LogP contribution in [0.5, 0.6) is 0 Å². The molecule has 2 unspecified atom stereocenters. The van der Waals surface area contributed by atoms with Crippen LogP contribution in [-0.4, -0.2) is 23.7 Å². The second-order valence-electron chi connectivity index (χ2n) is 6.66. The second-order valence-corrected chi connectivity index (χ2v) is 6.66. The molecular formula is C17H28N2O2. The predicted octanol–water partition coefficient (Wildman–Crippen LogP) is 3.51. The number of nitrogens with zero attached hydrogens (tertiary/aromatic N) is 1. The van der Waals surface area contributed by atoms with Crippen LogP contribution in [0.1, 0.15) is 62.8 Å². The van der Waals surface area contributed by atoms with Crippen LogP contribution in [0.2, 0.25) is 0 Å². The molecule has 21 heavy (non-hydrogen) atoms. The van der Waals surface area contributed by atoms with E-state index in [1.54, 1.807) is 0 Å². The van der Waals surface area contributed by atoms with E-state index >= 15 is 0 Å². The Morgan fingerprint density at radius 2 is 2.05 bits per heavy atom. The fourth-order valence-electron chi connectivity index (χ4n) is 4.17. The van der Waals surface area contributed by atoms with Crippen molar-refractivity contribution in [3.05, 3.63) is 17.3 Å². The Bertz CT molecular complexity index is 458. The third-order valence-corrected chi connectivity index (χ3v) is 5.51. The van der Waals surface area contributed by atoms with Crippen molar-refractivity contribution in [3.8, 4) is 0 Å². The molecule has 118 valence electrons. The van der Waals surface area contributed by atoms with E-state index in [0.29, 0.717) is 17.6 Å². The SMILES string of the molecule is CCOC1CC(NCc2nc(C)c(C)o2)C12CCCCC2. The lowest BCUT2D eigenvalue weighted by atomic mass is 9.55. The summed E-state index contributed by atoms with van der Waals surface area (Å²) >= 11 is 0. The molecule has 4 nitrogen and oxygen atoms in total. The number of aromatic nitrogens is 1. The van der Waals surface area contributed by atoms with Gasteiger partial charge in [0.25, 0.3) is 0 Å². The minimum atomic E-state index is 0.366. The van der Waals surface area contributed by atoms with Crippen LogP contribution in [0.25, 0.3) is 0 Å². The third kappa shape index (κ3) is 2.76. The molecule has 1 aromatic heterocycles. The van der Waals surface area contributed by atoms with Crippen molar-refractivity contribution in [2.75, 3.05) is 6.61 Å². The van der Waals surface area contributed by atoms with Gasteiger partial charge in [0.05, 0.1) is 18.3 Å². The molecule has 2 fully saturated rings. The van der Waals surface area contributed by atoms with Gasteiger partial charge in [-0.15, -0.1) is 0 Å². The van der Waals surface area contributed by atoms with Gasteiger partial charge in [0.15, 0.2) is 0 Å². The van der Waals surface area contributed by atoms with Gasteiger partial charge in [-0.05, 0) is 40.0 Å². The third-order valence-electron chi connectivity index (χ3n) is 5.51. The van der Waals surface area contributed by atoms with E-state index < -0.39 is 0 Å². The summed E-state index contributed by atoms with van der Waals surface area (Å²) in [7, 11) is 0. The van der Waals surface area contributed by atoms with Gasteiger partial charge in [0, 0.05) is 18.1 Å². The van der Waals surface area contributed by atoms with Crippen LogP contribution in [0, 0.1) is 19.3 Å². The summed E-state index contributed by atoms with van der Waals surface area (Å²) in [6.07, 6.45) is 8.27. The van der Waals surface area contributed by atoms with Crippen molar-refractivity contribution in [3.63, 3.8) is 0 Å².